The standard InChI is InChI=1S/C19H28FN3O3S.ClH/c1-14(21)17-7-4-5-11-23(17)19(24)15-9-12-22(13-10-15)27(25,26)18-8-3-2-6-16(18)20;/h2-3,6,8,14-15,17H,4-5,7,9-13,21H2,1H3;1H. The third kappa shape index (κ3) is 4.67. The molecule has 2 N–H and O–H groups in total. The second-order valence-corrected chi connectivity index (χ2v) is 9.47. The number of carbonyl (C=O) groups is 1. The van der Waals surface area contributed by atoms with Gasteiger partial charge in [-0.15, -0.1) is 12.4 Å². The van der Waals surface area contributed by atoms with Gasteiger partial charge in [0.2, 0.25) is 15.9 Å². The molecule has 0 saturated carbocycles. The molecule has 1 amide bonds. The van der Waals surface area contributed by atoms with E-state index in [1.807, 2.05) is 11.8 Å². The van der Waals surface area contributed by atoms with Crippen molar-refractivity contribution < 1.29 is 17.6 Å². The van der Waals surface area contributed by atoms with Gasteiger partial charge >= 0.3 is 0 Å². The van der Waals surface area contributed by atoms with Crippen LogP contribution in [0.25, 0.3) is 0 Å². The quantitative estimate of drug-likeness (QED) is 0.790. The molecule has 28 heavy (non-hydrogen) atoms. The Morgan fingerprint density at radius 1 is 1.14 bits per heavy atom. The third-order valence-corrected chi connectivity index (χ3v) is 7.63. The highest BCUT2D eigenvalue weighted by Crippen LogP contribution is 2.29. The number of piperidine rings is 2. The molecule has 158 valence electrons. The van der Waals surface area contributed by atoms with Gasteiger partial charge in [-0.2, -0.15) is 4.31 Å². The lowest BCUT2D eigenvalue weighted by Crippen LogP contribution is -2.54. The van der Waals surface area contributed by atoms with Gasteiger partial charge in [-0.05, 0) is 51.2 Å². The normalized spacial score (nSPS) is 23.1. The lowest BCUT2D eigenvalue weighted by atomic mass is 9.91. The second kappa shape index (κ2) is 9.52. The molecule has 2 saturated heterocycles. The Labute approximate surface area is 172 Å². The highest BCUT2D eigenvalue weighted by atomic mass is 35.5. The maximum absolute atomic E-state index is 13.9. The fourth-order valence-corrected chi connectivity index (χ4v) is 5.68. The van der Waals surface area contributed by atoms with Crippen molar-refractivity contribution in [3.8, 4) is 0 Å². The van der Waals surface area contributed by atoms with Crippen molar-refractivity contribution in [2.24, 2.45) is 11.7 Å². The summed E-state index contributed by atoms with van der Waals surface area (Å²) in [5, 5.41) is 0. The zero-order valence-electron chi connectivity index (χ0n) is 16.1. The molecular weight excluding hydrogens is 405 g/mol. The van der Waals surface area contributed by atoms with Crippen molar-refractivity contribution in [1.29, 1.82) is 0 Å². The predicted molar refractivity (Wildman–Crippen MR) is 108 cm³/mol. The van der Waals surface area contributed by atoms with Crippen LogP contribution in [0.1, 0.15) is 39.0 Å². The number of benzene rings is 1. The molecular formula is C19H29ClFN3O3S. The Kier molecular flexibility index (Phi) is 7.84. The van der Waals surface area contributed by atoms with Crippen molar-refractivity contribution in [3.05, 3.63) is 30.1 Å². The van der Waals surface area contributed by atoms with E-state index in [0.29, 0.717) is 12.8 Å². The lowest BCUT2D eigenvalue weighted by Gasteiger charge is -2.41. The summed E-state index contributed by atoms with van der Waals surface area (Å²) < 4.78 is 40.6. The van der Waals surface area contributed by atoms with E-state index in [0.717, 1.165) is 31.9 Å². The molecule has 0 bridgehead atoms. The van der Waals surface area contributed by atoms with Crippen molar-refractivity contribution in [2.45, 2.75) is 56.0 Å². The largest absolute Gasteiger partial charge is 0.338 e. The van der Waals surface area contributed by atoms with Crippen LogP contribution in [-0.2, 0) is 14.8 Å². The Hall–Kier alpha value is -1.22. The molecule has 0 spiro atoms. The van der Waals surface area contributed by atoms with Gasteiger partial charge in [0, 0.05) is 37.6 Å². The zero-order valence-corrected chi connectivity index (χ0v) is 17.7. The average molecular weight is 434 g/mol. The molecule has 0 aliphatic carbocycles. The van der Waals surface area contributed by atoms with Crippen LogP contribution < -0.4 is 5.73 Å². The molecule has 1 aromatic rings. The van der Waals surface area contributed by atoms with Crippen molar-refractivity contribution in [2.75, 3.05) is 19.6 Å². The van der Waals surface area contributed by atoms with Crippen LogP contribution in [0.3, 0.4) is 0 Å². The fraction of sp³-hybridized carbons (Fsp3) is 0.632. The van der Waals surface area contributed by atoms with Crippen LogP contribution in [0, 0.1) is 11.7 Å². The smallest absolute Gasteiger partial charge is 0.245 e. The van der Waals surface area contributed by atoms with E-state index >= 15 is 0 Å². The number of rotatable bonds is 4. The summed E-state index contributed by atoms with van der Waals surface area (Å²) in [6.45, 7) is 3.10. The molecule has 6 nitrogen and oxygen atoms in total. The molecule has 1 aromatic carbocycles. The van der Waals surface area contributed by atoms with Crippen LogP contribution in [0.5, 0.6) is 0 Å². The van der Waals surface area contributed by atoms with E-state index in [4.69, 9.17) is 5.73 Å². The molecule has 0 aromatic heterocycles. The third-order valence-electron chi connectivity index (χ3n) is 5.70. The highest BCUT2D eigenvalue weighted by molar-refractivity contribution is 7.89. The van der Waals surface area contributed by atoms with Gasteiger partial charge in [-0.1, -0.05) is 12.1 Å². The topological polar surface area (TPSA) is 83.7 Å². The van der Waals surface area contributed by atoms with Gasteiger partial charge in [0.25, 0.3) is 0 Å². The Morgan fingerprint density at radius 3 is 2.39 bits per heavy atom. The average Bonchev–Trinajstić information content (AvgIpc) is 2.67. The van der Waals surface area contributed by atoms with Gasteiger partial charge < -0.3 is 10.6 Å². The summed E-state index contributed by atoms with van der Waals surface area (Å²) in [5.41, 5.74) is 6.07. The summed E-state index contributed by atoms with van der Waals surface area (Å²) in [6, 6.07) is 5.39. The van der Waals surface area contributed by atoms with Crippen LogP contribution in [-0.4, -0.2) is 55.2 Å². The summed E-state index contributed by atoms with van der Waals surface area (Å²) >= 11 is 0. The van der Waals surface area contributed by atoms with Crippen LogP contribution in [0.2, 0.25) is 0 Å². The number of likely N-dealkylation sites (tertiary alicyclic amines) is 1. The molecule has 2 fully saturated rings. The van der Waals surface area contributed by atoms with Crippen molar-refractivity contribution >= 4 is 28.3 Å². The SMILES string of the molecule is CC(N)C1CCCCN1C(=O)C1CCN(S(=O)(=O)c2ccccc2F)CC1.Cl. The number of sulfonamides is 1. The minimum Gasteiger partial charge on any atom is -0.338 e. The molecule has 2 atom stereocenters. The summed E-state index contributed by atoms with van der Waals surface area (Å²) in [6.07, 6.45) is 3.89. The lowest BCUT2D eigenvalue weighted by molar-refractivity contribution is -0.141. The van der Waals surface area contributed by atoms with Gasteiger partial charge in [0.1, 0.15) is 10.7 Å². The molecule has 0 radical (unpaired) electrons. The van der Waals surface area contributed by atoms with Gasteiger partial charge in [-0.3, -0.25) is 4.79 Å². The predicted octanol–water partition coefficient (Wildman–Crippen LogP) is 2.38. The molecule has 2 unspecified atom stereocenters. The first-order valence-electron chi connectivity index (χ1n) is 9.63. The van der Waals surface area contributed by atoms with Crippen LogP contribution in [0.15, 0.2) is 29.2 Å². The van der Waals surface area contributed by atoms with E-state index in [9.17, 15) is 17.6 Å². The number of halogens is 2. The summed E-state index contributed by atoms with van der Waals surface area (Å²) in [7, 11) is -3.88. The van der Waals surface area contributed by atoms with E-state index < -0.39 is 15.8 Å². The van der Waals surface area contributed by atoms with E-state index in [1.165, 1.54) is 22.5 Å². The Balaban J connectivity index is 0.00000280. The van der Waals surface area contributed by atoms with Gasteiger partial charge in [-0.25, -0.2) is 12.8 Å². The van der Waals surface area contributed by atoms with Gasteiger partial charge in [0.15, 0.2) is 0 Å². The number of hydrogen-bond acceptors (Lipinski definition) is 4. The van der Waals surface area contributed by atoms with E-state index in [-0.39, 0.29) is 54.3 Å². The Morgan fingerprint density at radius 2 is 1.79 bits per heavy atom. The van der Waals surface area contributed by atoms with E-state index in [1.54, 1.807) is 0 Å². The Bertz CT molecular complexity index is 782. The number of nitrogens with zero attached hydrogens (tertiary/aromatic N) is 2. The molecule has 2 aliphatic rings. The summed E-state index contributed by atoms with van der Waals surface area (Å²) in [4.78, 5) is 14.6. The number of hydrogen-bond donors (Lipinski definition) is 1. The van der Waals surface area contributed by atoms with Gasteiger partial charge in [0.05, 0.1) is 0 Å². The van der Waals surface area contributed by atoms with Crippen molar-refractivity contribution in [3.63, 3.8) is 0 Å². The summed E-state index contributed by atoms with van der Waals surface area (Å²) in [5.74, 6) is -0.861. The van der Waals surface area contributed by atoms with Crippen LogP contribution >= 0.6 is 12.4 Å². The minimum absolute atomic E-state index is 0. The maximum atomic E-state index is 13.9. The first-order chi connectivity index (χ1) is 12.8. The first-order valence-corrected chi connectivity index (χ1v) is 11.1. The highest BCUT2D eigenvalue weighted by Gasteiger charge is 2.37. The van der Waals surface area contributed by atoms with Crippen LogP contribution in [0.4, 0.5) is 4.39 Å². The number of nitrogens with two attached hydrogens (primary N) is 1. The number of carbonyl (C=O) groups excluding carboxylic acids is 1. The molecule has 3 rings (SSSR count). The molecule has 2 aliphatic heterocycles. The second-order valence-electron chi connectivity index (χ2n) is 7.56. The molecule has 9 heteroatoms. The van der Waals surface area contributed by atoms with Crippen molar-refractivity contribution in [1.82, 2.24) is 9.21 Å². The first kappa shape index (κ1) is 23.1. The molecule has 2 heterocycles. The maximum Gasteiger partial charge on any atom is 0.245 e. The monoisotopic (exact) mass is 433 g/mol. The minimum atomic E-state index is -3.88. The fourth-order valence-electron chi connectivity index (χ4n) is 4.15. The number of amides is 1. The zero-order chi connectivity index (χ0) is 19.6. The van der Waals surface area contributed by atoms with E-state index in [2.05, 4.69) is 0 Å².